The molecule has 0 atom stereocenters. The third-order valence-electron chi connectivity index (χ3n) is 4.11. The minimum absolute atomic E-state index is 0.0731. The number of aryl methyl sites for hydroxylation is 1. The van der Waals surface area contributed by atoms with E-state index >= 15 is 0 Å². The van der Waals surface area contributed by atoms with Gasteiger partial charge in [0.1, 0.15) is 5.75 Å². The Bertz CT molecular complexity index is 920. The number of fused-ring (bicyclic) bond motifs is 1. The fourth-order valence-electron chi connectivity index (χ4n) is 2.77. The van der Waals surface area contributed by atoms with E-state index in [1.165, 1.54) is 16.6 Å². The molecule has 0 aliphatic carbocycles. The number of benzene rings is 1. The van der Waals surface area contributed by atoms with Crippen LogP contribution in [0.2, 0.25) is 0 Å². The molecule has 1 aromatic carbocycles. The third kappa shape index (κ3) is 3.83. The molecule has 134 valence electrons. The predicted octanol–water partition coefficient (Wildman–Crippen LogP) is 0.602. The first-order valence-electron chi connectivity index (χ1n) is 7.82. The number of carbonyl (C=O) groups is 1. The van der Waals surface area contributed by atoms with Crippen molar-refractivity contribution >= 4 is 15.9 Å². The monoisotopic (exact) mass is 364 g/mol. The standard InChI is InChI=1S/C16H20N4O4S/c1-11-3-4-15(21)14(7-11)16(22)17-9-12-8-13-10-19(25(2,23)24)5-6-20(13)18-12/h3-4,7-8,21H,5-6,9-10H2,1-2H3,(H,17,22). The lowest BCUT2D eigenvalue weighted by Gasteiger charge is -2.25. The number of phenolic OH excluding ortho intramolecular Hbond substituents is 1. The smallest absolute Gasteiger partial charge is 0.255 e. The van der Waals surface area contributed by atoms with Crippen molar-refractivity contribution < 1.29 is 18.3 Å². The Morgan fingerprint density at radius 2 is 2.08 bits per heavy atom. The van der Waals surface area contributed by atoms with Crippen molar-refractivity contribution in [1.29, 1.82) is 0 Å². The van der Waals surface area contributed by atoms with Crippen molar-refractivity contribution in [1.82, 2.24) is 19.4 Å². The number of sulfonamides is 1. The lowest BCUT2D eigenvalue weighted by molar-refractivity contribution is 0.0947. The molecule has 0 radical (unpaired) electrons. The number of aromatic nitrogens is 2. The normalized spacial score (nSPS) is 15.0. The molecule has 0 unspecified atom stereocenters. The Kier molecular flexibility index (Phi) is 4.53. The van der Waals surface area contributed by atoms with E-state index in [4.69, 9.17) is 0 Å². The maximum absolute atomic E-state index is 12.2. The first-order chi connectivity index (χ1) is 11.7. The molecule has 0 bridgehead atoms. The first-order valence-corrected chi connectivity index (χ1v) is 9.67. The van der Waals surface area contributed by atoms with Gasteiger partial charge in [-0.1, -0.05) is 11.6 Å². The highest BCUT2D eigenvalue weighted by atomic mass is 32.2. The summed E-state index contributed by atoms with van der Waals surface area (Å²) in [4.78, 5) is 12.2. The Morgan fingerprint density at radius 1 is 1.32 bits per heavy atom. The average molecular weight is 364 g/mol. The van der Waals surface area contributed by atoms with Gasteiger partial charge in [-0.3, -0.25) is 9.48 Å². The first kappa shape index (κ1) is 17.4. The largest absolute Gasteiger partial charge is 0.507 e. The Labute approximate surface area is 146 Å². The molecule has 2 aromatic rings. The molecular weight excluding hydrogens is 344 g/mol. The highest BCUT2D eigenvalue weighted by Gasteiger charge is 2.24. The lowest BCUT2D eigenvalue weighted by Crippen LogP contribution is -2.37. The maximum Gasteiger partial charge on any atom is 0.255 e. The van der Waals surface area contributed by atoms with Crippen molar-refractivity contribution in [2.24, 2.45) is 0 Å². The highest BCUT2D eigenvalue weighted by Crippen LogP contribution is 2.19. The van der Waals surface area contributed by atoms with Crippen LogP contribution < -0.4 is 5.32 Å². The molecule has 2 heterocycles. The average Bonchev–Trinajstić information content (AvgIpc) is 2.96. The molecule has 9 heteroatoms. The van der Waals surface area contributed by atoms with Gasteiger partial charge in [0.25, 0.3) is 5.91 Å². The molecule has 2 N–H and O–H groups in total. The zero-order valence-corrected chi connectivity index (χ0v) is 14.9. The van der Waals surface area contributed by atoms with E-state index < -0.39 is 10.0 Å². The van der Waals surface area contributed by atoms with E-state index in [-0.39, 0.29) is 30.3 Å². The Hall–Kier alpha value is -2.39. The van der Waals surface area contributed by atoms with Gasteiger partial charge in [0.05, 0.1) is 42.8 Å². The molecule has 1 aromatic heterocycles. The van der Waals surface area contributed by atoms with Gasteiger partial charge in [0.2, 0.25) is 10.0 Å². The molecule has 8 nitrogen and oxygen atoms in total. The minimum Gasteiger partial charge on any atom is -0.507 e. The van der Waals surface area contributed by atoms with E-state index in [1.807, 2.05) is 6.92 Å². The van der Waals surface area contributed by atoms with Gasteiger partial charge in [-0.2, -0.15) is 9.40 Å². The van der Waals surface area contributed by atoms with Gasteiger partial charge in [-0.25, -0.2) is 8.42 Å². The summed E-state index contributed by atoms with van der Waals surface area (Å²) in [6.45, 7) is 3.18. The molecule has 3 rings (SSSR count). The number of aromatic hydroxyl groups is 1. The minimum atomic E-state index is -3.24. The van der Waals surface area contributed by atoms with Crippen LogP contribution >= 0.6 is 0 Å². The summed E-state index contributed by atoms with van der Waals surface area (Å²) in [6.07, 6.45) is 1.19. The molecule has 1 aliphatic heterocycles. The van der Waals surface area contributed by atoms with Crippen LogP contribution in [0.4, 0.5) is 0 Å². The molecule has 1 aliphatic rings. The van der Waals surface area contributed by atoms with Crippen LogP contribution in [0.15, 0.2) is 24.3 Å². The fourth-order valence-corrected chi connectivity index (χ4v) is 3.55. The van der Waals surface area contributed by atoms with Gasteiger partial charge in [-0.05, 0) is 25.1 Å². The zero-order valence-electron chi connectivity index (χ0n) is 14.1. The Morgan fingerprint density at radius 3 is 2.80 bits per heavy atom. The molecule has 0 spiro atoms. The fraction of sp³-hybridized carbons (Fsp3) is 0.375. The van der Waals surface area contributed by atoms with Gasteiger partial charge < -0.3 is 10.4 Å². The van der Waals surface area contributed by atoms with E-state index in [0.29, 0.717) is 18.8 Å². The molecule has 0 fully saturated rings. The quantitative estimate of drug-likeness (QED) is 0.827. The maximum atomic E-state index is 12.2. The predicted molar refractivity (Wildman–Crippen MR) is 91.5 cm³/mol. The topological polar surface area (TPSA) is 105 Å². The number of rotatable bonds is 4. The van der Waals surface area contributed by atoms with Gasteiger partial charge in [0.15, 0.2) is 0 Å². The van der Waals surface area contributed by atoms with Crippen molar-refractivity contribution in [3.63, 3.8) is 0 Å². The number of carbonyl (C=O) groups excluding carboxylic acids is 1. The third-order valence-corrected chi connectivity index (χ3v) is 5.36. The van der Waals surface area contributed by atoms with Crippen LogP contribution in [0.5, 0.6) is 5.75 Å². The number of nitrogens with zero attached hydrogens (tertiary/aromatic N) is 3. The van der Waals surface area contributed by atoms with E-state index in [9.17, 15) is 18.3 Å². The second-order valence-corrected chi connectivity index (χ2v) is 8.13. The second-order valence-electron chi connectivity index (χ2n) is 6.15. The summed E-state index contributed by atoms with van der Waals surface area (Å²) in [5, 5.41) is 16.9. The van der Waals surface area contributed by atoms with E-state index in [1.54, 1.807) is 22.9 Å². The van der Waals surface area contributed by atoms with Gasteiger partial charge in [0, 0.05) is 6.54 Å². The van der Waals surface area contributed by atoms with Crippen molar-refractivity contribution in [3.05, 3.63) is 46.8 Å². The van der Waals surface area contributed by atoms with Crippen LogP contribution in [0.1, 0.15) is 27.3 Å². The molecule has 0 saturated heterocycles. The summed E-state index contributed by atoms with van der Waals surface area (Å²) in [5.41, 5.74) is 2.53. The van der Waals surface area contributed by atoms with Gasteiger partial charge in [-0.15, -0.1) is 0 Å². The summed E-state index contributed by atoms with van der Waals surface area (Å²) in [5.74, 6) is -0.457. The van der Waals surface area contributed by atoms with Crippen molar-refractivity contribution in [2.75, 3.05) is 12.8 Å². The molecular formula is C16H20N4O4S. The van der Waals surface area contributed by atoms with E-state index in [0.717, 1.165) is 11.3 Å². The second kappa shape index (κ2) is 6.49. The van der Waals surface area contributed by atoms with Crippen molar-refractivity contribution in [2.45, 2.75) is 26.6 Å². The van der Waals surface area contributed by atoms with Crippen LogP contribution in [-0.4, -0.2) is 46.3 Å². The lowest BCUT2D eigenvalue weighted by atomic mass is 10.1. The summed E-state index contributed by atoms with van der Waals surface area (Å²) < 4.78 is 26.5. The van der Waals surface area contributed by atoms with Gasteiger partial charge >= 0.3 is 0 Å². The number of hydrogen-bond donors (Lipinski definition) is 2. The number of nitrogens with one attached hydrogen (secondary N) is 1. The Balaban J connectivity index is 1.68. The number of phenols is 1. The van der Waals surface area contributed by atoms with Crippen LogP contribution in [0, 0.1) is 6.92 Å². The van der Waals surface area contributed by atoms with Crippen LogP contribution in [0.3, 0.4) is 0 Å². The molecule has 0 saturated carbocycles. The SMILES string of the molecule is Cc1ccc(O)c(C(=O)NCc2cc3n(n2)CCN(S(C)(=O)=O)C3)c1. The summed E-state index contributed by atoms with van der Waals surface area (Å²) in [6, 6.07) is 6.61. The zero-order chi connectivity index (χ0) is 18.2. The van der Waals surface area contributed by atoms with Crippen molar-refractivity contribution in [3.8, 4) is 5.75 Å². The number of hydrogen-bond acceptors (Lipinski definition) is 5. The van der Waals surface area contributed by atoms with E-state index in [2.05, 4.69) is 10.4 Å². The van der Waals surface area contributed by atoms with Crippen LogP contribution in [-0.2, 0) is 29.7 Å². The summed E-state index contributed by atoms with van der Waals surface area (Å²) >= 11 is 0. The van der Waals surface area contributed by atoms with Crippen LogP contribution in [0.25, 0.3) is 0 Å². The molecule has 1 amide bonds. The summed E-state index contributed by atoms with van der Waals surface area (Å²) in [7, 11) is -3.24. The molecule has 25 heavy (non-hydrogen) atoms. The highest BCUT2D eigenvalue weighted by molar-refractivity contribution is 7.88. The number of amides is 1.